The first kappa shape index (κ1) is 16.3. The summed E-state index contributed by atoms with van der Waals surface area (Å²) in [5.74, 6) is 0.590. The summed E-state index contributed by atoms with van der Waals surface area (Å²) in [6.07, 6.45) is 7.16. The van der Waals surface area contributed by atoms with Gasteiger partial charge in [0.25, 0.3) is 0 Å². The minimum Gasteiger partial charge on any atom is -0.311 e. The van der Waals surface area contributed by atoms with Gasteiger partial charge in [0.15, 0.2) is 0 Å². The molecule has 1 saturated carbocycles. The Balaban J connectivity index is 0.00000161. The van der Waals surface area contributed by atoms with Crippen LogP contribution in [-0.2, 0) is 11.3 Å². The van der Waals surface area contributed by atoms with Crippen molar-refractivity contribution >= 4 is 24.0 Å². The van der Waals surface area contributed by atoms with Gasteiger partial charge in [-0.25, -0.2) is 0 Å². The van der Waals surface area contributed by atoms with E-state index in [2.05, 4.69) is 23.5 Å². The zero-order chi connectivity index (χ0) is 13.8. The summed E-state index contributed by atoms with van der Waals surface area (Å²) in [6, 6.07) is 8.32. The lowest BCUT2D eigenvalue weighted by molar-refractivity contribution is -0.122. The molecule has 0 aromatic heterocycles. The van der Waals surface area contributed by atoms with E-state index in [0.717, 1.165) is 38.2 Å². The molecule has 1 aromatic carbocycles. The van der Waals surface area contributed by atoms with Crippen LogP contribution in [0.25, 0.3) is 0 Å². The molecule has 1 aliphatic heterocycles. The fourth-order valence-electron chi connectivity index (χ4n) is 3.43. The highest BCUT2D eigenvalue weighted by molar-refractivity contribution is 5.96. The monoisotopic (exact) mass is 308 g/mol. The first-order valence-electron chi connectivity index (χ1n) is 7.96. The highest BCUT2D eigenvalue weighted by Crippen LogP contribution is 2.29. The maximum absolute atomic E-state index is 12.9. The SMILES string of the molecule is Cl.O=C(C1CCCCCC1)N1CCNCc2ccccc21. The number of rotatable bonds is 1. The molecule has 0 bridgehead atoms. The summed E-state index contributed by atoms with van der Waals surface area (Å²) in [4.78, 5) is 15.0. The van der Waals surface area contributed by atoms with Crippen LogP contribution in [0, 0.1) is 5.92 Å². The Morgan fingerprint density at radius 1 is 1.10 bits per heavy atom. The lowest BCUT2D eigenvalue weighted by Crippen LogP contribution is -2.39. The minimum atomic E-state index is 0. The van der Waals surface area contributed by atoms with Crippen molar-refractivity contribution in [3.8, 4) is 0 Å². The van der Waals surface area contributed by atoms with Gasteiger partial charge in [-0.05, 0) is 24.5 Å². The van der Waals surface area contributed by atoms with Crippen LogP contribution in [0.3, 0.4) is 0 Å². The van der Waals surface area contributed by atoms with Crippen LogP contribution in [-0.4, -0.2) is 19.0 Å². The number of amides is 1. The van der Waals surface area contributed by atoms with E-state index < -0.39 is 0 Å². The number of para-hydroxylation sites is 1. The van der Waals surface area contributed by atoms with Crippen molar-refractivity contribution in [3.05, 3.63) is 29.8 Å². The summed E-state index contributed by atoms with van der Waals surface area (Å²) >= 11 is 0. The van der Waals surface area contributed by atoms with E-state index in [0.29, 0.717) is 5.91 Å². The molecule has 3 rings (SSSR count). The molecule has 116 valence electrons. The molecule has 0 atom stereocenters. The Bertz CT molecular complexity index is 470. The van der Waals surface area contributed by atoms with Gasteiger partial charge in [-0.1, -0.05) is 43.9 Å². The van der Waals surface area contributed by atoms with E-state index in [4.69, 9.17) is 0 Å². The van der Waals surface area contributed by atoms with Crippen LogP contribution in [0.1, 0.15) is 44.1 Å². The number of anilines is 1. The van der Waals surface area contributed by atoms with Gasteiger partial charge in [0.1, 0.15) is 0 Å². The molecular weight excluding hydrogens is 284 g/mol. The Labute approximate surface area is 133 Å². The van der Waals surface area contributed by atoms with Crippen LogP contribution in [0.4, 0.5) is 5.69 Å². The van der Waals surface area contributed by atoms with Crippen molar-refractivity contribution in [2.45, 2.75) is 45.1 Å². The van der Waals surface area contributed by atoms with E-state index in [-0.39, 0.29) is 18.3 Å². The standard InChI is InChI=1S/C17H24N2O.ClH/c20-17(14-7-3-1-2-4-8-14)19-12-11-18-13-15-9-5-6-10-16(15)19;/h5-6,9-10,14,18H,1-4,7-8,11-13H2;1H. The topological polar surface area (TPSA) is 32.3 Å². The third-order valence-electron chi connectivity index (χ3n) is 4.58. The normalized spacial score (nSPS) is 19.9. The maximum atomic E-state index is 12.9. The molecule has 4 heteroatoms. The number of nitrogens with zero attached hydrogens (tertiary/aromatic N) is 1. The molecule has 1 heterocycles. The Morgan fingerprint density at radius 2 is 1.81 bits per heavy atom. The molecule has 0 spiro atoms. The molecule has 1 aromatic rings. The highest BCUT2D eigenvalue weighted by atomic mass is 35.5. The summed E-state index contributed by atoms with van der Waals surface area (Å²) in [5, 5.41) is 3.41. The number of hydrogen-bond donors (Lipinski definition) is 1. The molecule has 3 nitrogen and oxygen atoms in total. The predicted octanol–water partition coefficient (Wildman–Crippen LogP) is 3.52. The lowest BCUT2D eigenvalue weighted by Gasteiger charge is -2.27. The Morgan fingerprint density at radius 3 is 2.57 bits per heavy atom. The summed E-state index contributed by atoms with van der Waals surface area (Å²) < 4.78 is 0. The van der Waals surface area contributed by atoms with Gasteiger partial charge in [0.05, 0.1) is 0 Å². The summed E-state index contributed by atoms with van der Waals surface area (Å²) in [5.41, 5.74) is 2.36. The number of benzene rings is 1. The lowest BCUT2D eigenvalue weighted by atomic mass is 9.98. The van der Waals surface area contributed by atoms with Crippen molar-refractivity contribution in [3.63, 3.8) is 0 Å². The molecule has 0 radical (unpaired) electrons. The van der Waals surface area contributed by atoms with E-state index in [1.54, 1.807) is 0 Å². The van der Waals surface area contributed by atoms with Crippen molar-refractivity contribution < 1.29 is 4.79 Å². The molecule has 21 heavy (non-hydrogen) atoms. The largest absolute Gasteiger partial charge is 0.311 e. The predicted molar refractivity (Wildman–Crippen MR) is 88.9 cm³/mol. The van der Waals surface area contributed by atoms with Crippen molar-refractivity contribution in [2.24, 2.45) is 5.92 Å². The van der Waals surface area contributed by atoms with Gasteiger partial charge in [0.2, 0.25) is 5.91 Å². The van der Waals surface area contributed by atoms with Crippen molar-refractivity contribution in [1.82, 2.24) is 5.32 Å². The second kappa shape index (κ2) is 7.81. The van der Waals surface area contributed by atoms with Crippen LogP contribution >= 0.6 is 12.4 Å². The fourth-order valence-corrected chi connectivity index (χ4v) is 3.43. The molecule has 1 fully saturated rings. The van der Waals surface area contributed by atoms with Crippen LogP contribution in [0.2, 0.25) is 0 Å². The average molecular weight is 309 g/mol. The first-order valence-corrected chi connectivity index (χ1v) is 7.96. The fraction of sp³-hybridized carbons (Fsp3) is 0.588. The number of halogens is 1. The zero-order valence-electron chi connectivity index (χ0n) is 12.5. The van der Waals surface area contributed by atoms with E-state index in [9.17, 15) is 4.79 Å². The second-order valence-electron chi connectivity index (χ2n) is 5.98. The number of hydrogen-bond acceptors (Lipinski definition) is 2. The smallest absolute Gasteiger partial charge is 0.230 e. The molecule has 1 amide bonds. The molecular formula is C17H25ClN2O. The van der Waals surface area contributed by atoms with Crippen LogP contribution < -0.4 is 10.2 Å². The number of carbonyl (C=O) groups excluding carboxylic acids is 1. The van der Waals surface area contributed by atoms with Gasteiger partial charge in [0, 0.05) is 31.2 Å². The van der Waals surface area contributed by atoms with Gasteiger partial charge in [-0.2, -0.15) is 0 Å². The minimum absolute atomic E-state index is 0. The van der Waals surface area contributed by atoms with Crippen molar-refractivity contribution in [1.29, 1.82) is 0 Å². The third-order valence-corrected chi connectivity index (χ3v) is 4.58. The Hall–Kier alpha value is -1.06. The molecule has 2 aliphatic rings. The maximum Gasteiger partial charge on any atom is 0.230 e. The highest BCUT2D eigenvalue weighted by Gasteiger charge is 2.27. The number of fused-ring (bicyclic) bond motifs is 1. The molecule has 1 aliphatic carbocycles. The quantitative estimate of drug-likeness (QED) is 0.805. The number of nitrogens with one attached hydrogen (secondary N) is 1. The van der Waals surface area contributed by atoms with E-state index >= 15 is 0 Å². The summed E-state index contributed by atoms with van der Waals surface area (Å²) in [6.45, 7) is 2.55. The third kappa shape index (κ3) is 3.78. The van der Waals surface area contributed by atoms with Gasteiger partial charge in [-0.3, -0.25) is 4.79 Å². The van der Waals surface area contributed by atoms with Gasteiger partial charge >= 0.3 is 0 Å². The van der Waals surface area contributed by atoms with Crippen molar-refractivity contribution in [2.75, 3.05) is 18.0 Å². The van der Waals surface area contributed by atoms with E-state index in [1.807, 2.05) is 11.0 Å². The zero-order valence-corrected chi connectivity index (χ0v) is 13.3. The average Bonchev–Trinajstić information content (AvgIpc) is 2.87. The molecule has 1 N–H and O–H groups in total. The number of carbonyl (C=O) groups is 1. The van der Waals surface area contributed by atoms with Crippen LogP contribution in [0.5, 0.6) is 0 Å². The first-order chi connectivity index (χ1) is 9.86. The molecule has 0 saturated heterocycles. The van der Waals surface area contributed by atoms with Gasteiger partial charge < -0.3 is 10.2 Å². The molecule has 0 unspecified atom stereocenters. The second-order valence-corrected chi connectivity index (χ2v) is 5.98. The van der Waals surface area contributed by atoms with Crippen LogP contribution in [0.15, 0.2) is 24.3 Å². The Kier molecular flexibility index (Phi) is 6.07. The summed E-state index contributed by atoms with van der Waals surface area (Å²) in [7, 11) is 0. The van der Waals surface area contributed by atoms with Gasteiger partial charge in [-0.15, -0.1) is 12.4 Å². The van der Waals surface area contributed by atoms with E-state index in [1.165, 1.54) is 31.2 Å².